The number of epoxide rings is 1. The second-order valence-corrected chi connectivity index (χ2v) is 16.1. The predicted molar refractivity (Wildman–Crippen MR) is 208 cm³/mol. The average molecular weight is 808 g/mol. The van der Waals surface area contributed by atoms with Crippen molar-refractivity contribution in [2.75, 3.05) is 25.1 Å². The first-order valence-corrected chi connectivity index (χ1v) is 19.5. The van der Waals surface area contributed by atoms with Crippen LogP contribution in [0.25, 0.3) is 0 Å². The van der Waals surface area contributed by atoms with Crippen LogP contribution in [0, 0.1) is 11.8 Å². The van der Waals surface area contributed by atoms with Crippen LogP contribution < -0.4 is 10.2 Å². The van der Waals surface area contributed by atoms with Crippen LogP contribution in [0.1, 0.15) is 85.2 Å². The molecule has 0 aliphatic carbocycles. The van der Waals surface area contributed by atoms with E-state index in [-0.39, 0.29) is 36.8 Å². The number of carbonyl (C=O) groups is 5. The summed E-state index contributed by atoms with van der Waals surface area (Å²) in [6, 6.07) is 8.72. The number of esters is 1. The van der Waals surface area contributed by atoms with E-state index < -0.39 is 78.0 Å². The number of ketones is 1. The monoisotopic (exact) mass is 807 g/mol. The fraction of sp³-hybridized carbons (Fsp3) is 0.500. The number of nitrogens with one attached hydrogen (secondary N) is 1. The molecular weight excluding hydrogens is 758 g/mol. The average Bonchev–Trinajstić information content (AvgIpc) is 3.62. The number of alkyl carbamates (subject to hydrolysis) is 1. The maximum Gasteiger partial charge on any atom is 0.409 e. The molecule has 3 amide bonds. The number of aliphatic hydroxyl groups excluding tert-OH is 2. The lowest BCUT2D eigenvalue weighted by atomic mass is 9.81. The minimum atomic E-state index is -1.88. The molecule has 306 valence electrons. The summed E-state index contributed by atoms with van der Waals surface area (Å²) in [6.07, 6.45) is 2.15. The van der Waals surface area contributed by atoms with E-state index in [9.17, 15) is 39.3 Å². The van der Waals surface area contributed by atoms with Crippen LogP contribution in [0.3, 0.4) is 0 Å². The van der Waals surface area contributed by atoms with Gasteiger partial charge in [-0.05, 0) is 69.4 Å². The van der Waals surface area contributed by atoms with Crippen molar-refractivity contribution in [1.29, 1.82) is 0 Å². The molecule has 2 aromatic rings. The van der Waals surface area contributed by atoms with Gasteiger partial charge in [-0.3, -0.25) is 19.7 Å². The second kappa shape index (κ2) is 16.7. The molecule has 0 spiro atoms. The van der Waals surface area contributed by atoms with Crippen molar-refractivity contribution >= 4 is 46.9 Å². The number of hydrogen-bond acceptors (Lipinski definition) is 11. The molecule has 4 aliphatic rings. The van der Waals surface area contributed by atoms with Crippen molar-refractivity contribution in [3.05, 3.63) is 87.5 Å². The highest BCUT2D eigenvalue weighted by molar-refractivity contribution is 6.34. The molecule has 4 heterocycles. The first-order valence-electron chi connectivity index (χ1n) is 19.1. The molecule has 15 heteroatoms. The molecule has 0 radical (unpaired) electrons. The molecule has 3 saturated heterocycles. The highest BCUT2D eigenvalue weighted by Gasteiger charge is 2.64. The Morgan fingerprint density at radius 2 is 1.81 bits per heavy atom. The zero-order valence-electron chi connectivity index (χ0n) is 32.7. The van der Waals surface area contributed by atoms with E-state index in [1.54, 1.807) is 68.5 Å². The van der Waals surface area contributed by atoms with Gasteiger partial charge in [-0.2, -0.15) is 0 Å². The fourth-order valence-electron chi connectivity index (χ4n) is 8.18. The Bertz CT molecular complexity index is 1980. The topological polar surface area (TPSA) is 196 Å². The fourth-order valence-corrected chi connectivity index (χ4v) is 8.48. The van der Waals surface area contributed by atoms with Gasteiger partial charge in [0.2, 0.25) is 5.91 Å². The summed E-state index contributed by atoms with van der Waals surface area (Å²) < 4.78 is 18.1. The largest absolute Gasteiger partial charge is 0.457 e. The molecule has 1 unspecified atom stereocenters. The van der Waals surface area contributed by atoms with Gasteiger partial charge in [-0.15, -0.1) is 0 Å². The summed E-state index contributed by atoms with van der Waals surface area (Å²) in [5, 5.41) is 34.9. The predicted octanol–water partition coefficient (Wildman–Crippen LogP) is 4.25. The minimum Gasteiger partial charge on any atom is -0.457 e. The van der Waals surface area contributed by atoms with E-state index in [4.69, 9.17) is 25.8 Å². The summed E-state index contributed by atoms with van der Waals surface area (Å²) in [5.41, 5.74) is -0.0674. The van der Waals surface area contributed by atoms with Gasteiger partial charge in [-0.1, -0.05) is 60.5 Å². The van der Waals surface area contributed by atoms with Crippen molar-refractivity contribution in [2.24, 2.45) is 11.8 Å². The highest BCUT2D eigenvalue weighted by Crippen LogP contribution is 2.49. The van der Waals surface area contributed by atoms with Gasteiger partial charge in [0.25, 0.3) is 5.91 Å². The number of nitrogens with zero attached hydrogens (tertiary/aromatic N) is 2. The van der Waals surface area contributed by atoms with Crippen LogP contribution in [0.15, 0.2) is 60.2 Å². The molecular formula is C42H50ClN3O11. The van der Waals surface area contributed by atoms with Gasteiger partial charge in [0, 0.05) is 43.0 Å². The third-order valence-electron chi connectivity index (χ3n) is 11.7. The van der Waals surface area contributed by atoms with Crippen molar-refractivity contribution < 1.29 is 53.5 Å². The number of rotatable bonds is 6. The van der Waals surface area contributed by atoms with E-state index >= 15 is 0 Å². The first-order chi connectivity index (χ1) is 27.0. The van der Waals surface area contributed by atoms with Crippen molar-refractivity contribution in [3.8, 4) is 0 Å². The number of allylic oxidation sites excluding steroid dienone is 3. The highest BCUT2D eigenvalue weighted by atomic mass is 35.5. The molecule has 0 saturated carbocycles. The normalized spacial score (nSPS) is 32.0. The van der Waals surface area contributed by atoms with E-state index in [1.165, 1.54) is 23.8 Å². The molecule has 6 rings (SSSR count). The van der Waals surface area contributed by atoms with Gasteiger partial charge in [0.1, 0.15) is 23.9 Å². The summed E-state index contributed by atoms with van der Waals surface area (Å²) in [6.45, 7) is 6.17. The first kappa shape index (κ1) is 42.0. The van der Waals surface area contributed by atoms with Gasteiger partial charge in [0.05, 0.1) is 36.4 Å². The van der Waals surface area contributed by atoms with Gasteiger partial charge in [0.15, 0.2) is 11.5 Å². The van der Waals surface area contributed by atoms with Gasteiger partial charge in [-0.25, -0.2) is 9.59 Å². The van der Waals surface area contributed by atoms with E-state index in [1.807, 2.05) is 6.92 Å². The van der Waals surface area contributed by atoms with Gasteiger partial charge < -0.3 is 39.3 Å². The van der Waals surface area contributed by atoms with Crippen LogP contribution in [0.5, 0.6) is 0 Å². The molecule has 4 aliphatic heterocycles. The molecule has 4 bridgehead atoms. The lowest BCUT2D eigenvalue weighted by Gasteiger charge is -2.42. The molecule has 14 nitrogen and oxygen atoms in total. The number of halogens is 1. The van der Waals surface area contributed by atoms with Crippen LogP contribution in [-0.2, 0) is 36.8 Å². The summed E-state index contributed by atoms with van der Waals surface area (Å²) in [5.74, 6) is -3.26. The Morgan fingerprint density at radius 1 is 1.11 bits per heavy atom. The molecule has 4 N–H and O–H groups in total. The Kier molecular flexibility index (Phi) is 12.3. The third-order valence-corrected chi connectivity index (χ3v) is 12.2. The number of Topliss-reactive ketones (excluding diaryl/α,β-unsaturated/α-hetero) is 1. The van der Waals surface area contributed by atoms with Crippen molar-refractivity contribution in [2.45, 2.75) is 102 Å². The number of ether oxygens (including phenoxy) is 3. The van der Waals surface area contributed by atoms with E-state index in [0.29, 0.717) is 41.6 Å². The molecule has 8 atom stereocenters. The van der Waals surface area contributed by atoms with Crippen LogP contribution in [0.4, 0.5) is 10.5 Å². The zero-order chi connectivity index (χ0) is 41.4. The lowest BCUT2D eigenvalue weighted by molar-refractivity contribution is -0.158. The number of hydrogen-bond donors (Lipinski definition) is 4. The van der Waals surface area contributed by atoms with Crippen molar-refractivity contribution in [1.82, 2.24) is 10.2 Å². The molecule has 3 fully saturated rings. The number of benzene rings is 2. The van der Waals surface area contributed by atoms with Crippen molar-refractivity contribution in [3.63, 3.8) is 0 Å². The summed E-state index contributed by atoms with van der Waals surface area (Å²) in [7, 11) is 1.54. The standard InChI is InChI=1S/C42H50ClN3O11/c1-23-8-6-9-30(22-48)42(54)20-33(55-40(53)44-42)24(2)37-41(4,57-37)34(19-35(50)45(5)32-18-26(16-23)17-29(21-47)36(32)43)56-39(52)31-10-7-15-46(31)38(51)28-13-11-27(12-14-28)25(3)49/h6,8-9,11-14,17-18,24,30-31,33-34,37,47-48,54H,7,10,15-16,19-22H2,1-5H3,(H,44,53)/b9-6+,23-8+/t24-,30+,31?,33+,34+,37+,41+,42+/m1/s1. The third kappa shape index (κ3) is 8.65. The lowest BCUT2D eigenvalue weighted by Crippen LogP contribution is -2.62. The van der Waals surface area contributed by atoms with Gasteiger partial charge >= 0.3 is 12.1 Å². The number of amides is 3. The Hall–Kier alpha value is -4.60. The number of aliphatic hydroxyl groups is 3. The van der Waals surface area contributed by atoms with Crippen LogP contribution in [-0.4, -0.2) is 106 Å². The maximum absolute atomic E-state index is 14.3. The van der Waals surface area contributed by atoms with Crippen LogP contribution >= 0.6 is 11.6 Å². The Morgan fingerprint density at radius 3 is 2.47 bits per heavy atom. The quantitative estimate of drug-likeness (QED) is 0.185. The maximum atomic E-state index is 14.3. The second-order valence-electron chi connectivity index (χ2n) is 15.8. The Balaban J connectivity index is 1.35. The molecule has 2 aromatic carbocycles. The SMILES string of the molecule is CC(=O)c1ccc(C(=O)N2CCCC2C(=O)O[C@H]2CC(=O)N(C)c3cc(cc(CO)c3Cl)C/C(C)=C/C=C/[C@@H](CO)[C@@]3(O)C[C@H](OC(=O)N3)[C@@H](C)[C@@H]3O[C@@]23C)cc1. The summed E-state index contributed by atoms with van der Waals surface area (Å²) >= 11 is 6.75. The van der Waals surface area contributed by atoms with Crippen LogP contribution in [0.2, 0.25) is 5.02 Å². The Labute approximate surface area is 336 Å². The number of fused-ring (bicyclic) bond motifs is 5. The smallest absolute Gasteiger partial charge is 0.409 e. The minimum absolute atomic E-state index is 0.110. The van der Waals surface area contributed by atoms with E-state index in [0.717, 1.165) is 11.1 Å². The van der Waals surface area contributed by atoms with E-state index in [2.05, 4.69) is 5.32 Å². The zero-order valence-corrected chi connectivity index (χ0v) is 33.5. The molecule has 57 heavy (non-hydrogen) atoms. The number of likely N-dealkylation sites (tertiary alicyclic amines) is 1. The molecule has 0 aromatic heterocycles. The summed E-state index contributed by atoms with van der Waals surface area (Å²) in [4.78, 5) is 69.5. The number of carbonyl (C=O) groups excluding carboxylic acids is 5. The number of anilines is 1.